The SMILES string of the molecule is Nc1cc(C2(C(=O)O)CCCC2)ccc1NCCC(F)(F)F. The fourth-order valence-corrected chi connectivity index (χ4v) is 2.96. The number of rotatable bonds is 5. The van der Waals surface area contributed by atoms with Gasteiger partial charge in [-0.3, -0.25) is 4.79 Å². The van der Waals surface area contributed by atoms with E-state index in [-0.39, 0.29) is 12.2 Å². The molecule has 7 heteroatoms. The predicted octanol–water partition coefficient (Wildman–Crippen LogP) is 3.53. The Bertz CT molecular complexity index is 552. The van der Waals surface area contributed by atoms with Crippen LogP contribution in [0, 0.1) is 0 Å². The first-order chi connectivity index (χ1) is 10.2. The molecule has 0 spiro atoms. The molecule has 0 unspecified atom stereocenters. The Morgan fingerprint density at radius 1 is 1.32 bits per heavy atom. The van der Waals surface area contributed by atoms with E-state index in [1.165, 1.54) is 0 Å². The average molecular weight is 316 g/mol. The highest BCUT2D eigenvalue weighted by molar-refractivity contribution is 5.83. The first-order valence-corrected chi connectivity index (χ1v) is 7.19. The minimum atomic E-state index is -4.22. The van der Waals surface area contributed by atoms with Gasteiger partial charge in [-0.2, -0.15) is 13.2 Å². The number of aliphatic carboxylic acids is 1. The van der Waals surface area contributed by atoms with Gasteiger partial charge in [-0.15, -0.1) is 0 Å². The molecule has 22 heavy (non-hydrogen) atoms. The molecular formula is C15H19F3N2O2. The van der Waals surface area contributed by atoms with Gasteiger partial charge < -0.3 is 16.2 Å². The van der Waals surface area contributed by atoms with Crippen LogP contribution < -0.4 is 11.1 Å². The van der Waals surface area contributed by atoms with Gasteiger partial charge in [-0.05, 0) is 30.5 Å². The molecule has 1 saturated carbocycles. The largest absolute Gasteiger partial charge is 0.481 e. The Kier molecular flexibility index (Phi) is 4.53. The third-order valence-corrected chi connectivity index (χ3v) is 4.19. The molecule has 0 radical (unpaired) electrons. The number of alkyl halides is 3. The lowest BCUT2D eigenvalue weighted by atomic mass is 9.78. The van der Waals surface area contributed by atoms with Crippen molar-refractivity contribution in [3.63, 3.8) is 0 Å². The van der Waals surface area contributed by atoms with E-state index in [0.717, 1.165) is 12.8 Å². The summed E-state index contributed by atoms with van der Waals surface area (Å²) in [4.78, 5) is 11.6. The maximum atomic E-state index is 12.1. The van der Waals surface area contributed by atoms with Crippen LogP contribution >= 0.6 is 0 Å². The number of benzene rings is 1. The summed E-state index contributed by atoms with van der Waals surface area (Å²) in [6.45, 7) is -0.267. The van der Waals surface area contributed by atoms with Crippen molar-refractivity contribution in [3.05, 3.63) is 23.8 Å². The van der Waals surface area contributed by atoms with Crippen LogP contribution in [0.3, 0.4) is 0 Å². The van der Waals surface area contributed by atoms with Crippen molar-refractivity contribution < 1.29 is 23.1 Å². The number of nitrogens with two attached hydrogens (primary N) is 1. The zero-order chi connectivity index (χ0) is 16.4. The summed E-state index contributed by atoms with van der Waals surface area (Å²) in [6.07, 6.45) is -2.37. The first-order valence-electron chi connectivity index (χ1n) is 7.19. The van der Waals surface area contributed by atoms with Crippen LogP contribution in [0.1, 0.15) is 37.7 Å². The van der Waals surface area contributed by atoms with E-state index in [4.69, 9.17) is 5.73 Å². The zero-order valence-corrected chi connectivity index (χ0v) is 12.0. The molecule has 2 rings (SSSR count). The number of carboxylic acid groups (broad SMARTS) is 1. The number of nitrogens with one attached hydrogen (secondary N) is 1. The molecule has 1 aliphatic rings. The Morgan fingerprint density at radius 2 is 1.95 bits per heavy atom. The quantitative estimate of drug-likeness (QED) is 0.726. The molecule has 0 saturated heterocycles. The van der Waals surface area contributed by atoms with Gasteiger partial charge in [0.25, 0.3) is 0 Å². The lowest BCUT2D eigenvalue weighted by molar-refractivity contribution is -0.143. The molecule has 0 bridgehead atoms. The van der Waals surface area contributed by atoms with Crippen molar-refractivity contribution in [1.82, 2.24) is 0 Å². The Morgan fingerprint density at radius 3 is 2.45 bits per heavy atom. The van der Waals surface area contributed by atoms with Gasteiger partial charge >= 0.3 is 12.1 Å². The third-order valence-electron chi connectivity index (χ3n) is 4.19. The predicted molar refractivity (Wildman–Crippen MR) is 77.8 cm³/mol. The van der Waals surface area contributed by atoms with Crippen LogP contribution in [0.2, 0.25) is 0 Å². The lowest BCUT2D eigenvalue weighted by Crippen LogP contribution is -2.32. The average Bonchev–Trinajstić information content (AvgIpc) is 2.90. The number of carboxylic acids is 1. The second kappa shape index (κ2) is 6.06. The summed E-state index contributed by atoms with van der Waals surface area (Å²) in [5.74, 6) is -0.873. The molecule has 1 aromatic carbocycles. The van der Waals surface area contributed by atoms with Gasteiger partial charge in [0.05, 0.1) is 23.2 Å². The minimum Gasteiger partial charge on any atom is -0.481 e. The molecule has 0 aliphatic heterocycles. The van der Waals surface area contributed by atoms with Crippen LogP contribution in [0.25, 0.3) is 0 Å². The van der Waals surface area contributed by atoms with Crippen LogP contribution in [0.4, 0.5) is 24.5 Å². The number of anilines is 2. The van der Waals surface area contributed by atoms with E-state index in [1.807, 2.05) is 0 Å². The number of hydrogen-bond donors (Lipinski definition) is 3. The van der Waals surface area contributed by atoms with Crippen LogP contribution in [-0.4, -0.2) is 23.8 Å². The monoisotopic (exact) mass is 316 g/mol. The summed E-state index contributed by atoms with van der Waals surface area (Å²) < 4.78 is 36.4. The summed E-state index contributed by atoms with van der Waals surface area (Å²) >= 11 is 0. The van der Waals surface area contributed by atoms with Crippen molar-refractivity contribution in [2.75, 3.05) is 17.6 Å². The molecular weight excluding hydrogens is 297 g/mol. The molecule has 4 N–H and O–H groups in total. The maximum Gasteiger partial charge on any atom is 0.390 e. The highest BCUT2D eigenvalue weighted by Gasteiger charge is 2.43. The summed E-state index contributed by atoms with van der Waals surface area (Å²) in [6, 6.07) is 4.77. The molecule has 0 amide bonds. The zero-order valence-electron chi connectivity index (χ0n) is 12.0. The highest BCUT2D eigenvalue weighted by atomic mass is 19.4. The Labute approximate surface area is 126 Å². The second-order valence-electron chi connectivity index (χ2n) is 5.69. The summed E-state index contributed by atoms with van der Waals surface area (Å²) in [5, 5.41) is 12.2. The van der Waals surface area contributed by atoms with Gasteiger partial charge in [-0.25, -0.2) is 0 Å². The fraction of sp³-hybridized carbons (Fsp3) is 0.533. The summed E-state index contributed by atoms with van der Waals surface area (Å²) in [5.41, 5.74) is 6.23. The van der Waals surface area contributed by atoms with Crippen molar-refractivity contribution >= 4 is 17.3 Å². The number of halogens is 3. The van der Waals surface area contributed by atoms with Gasteiger partial charge in [0.15, 0.2) is 0 Å². The van der Waals surface area contributed by atoms with E-state index < -0.39 is 24.0 Å². The standard InChI is InChI=1S/C15H19F3N2O2/c16-15(17,18)7-8-20-12-4-3-10(9-11(12)19)14(13(21)22)5-1-2-6-14/h3-4,9,20H,1-2,5-8,19H2,(H,21,22). The lowest BCUT2D eigenvalue weighted by Gasteiger charge is -2.25. The highest BCUT2D eigenvalue weighted by Crippen LogP contribution is 2.42. The van der Waals surface area contributed by atoms with Gasteiger partial charge in [0, 0.05) is 6.54 Å². The number of hydrogen-bond acceptors (Lipinski definition) is 3. The van der Waals surface area contributed by atoms with Gasteiger partial charge in [-0.1, -0.05) is 18.9 Å². The van der Waals surface area contributed by atoms with E-state index in [9.17, 15) is 23.1 Å². The van der Waals surface area contributed by atoms with Gasteiger partial charge in [0.2, 0.25) is 0 Å². The van der Waals surface area contributed by atoms with Crippen molar-refractivity contribution in [3.8, 4) is 0 Å². The second-order valence-corrected chi connectivity index (χ2v) is 5.69. The van der Waals surface area contributed by atoms with Crippen LogP contribution in [0.15, 0.2) is 18.2 Å². The number of carbonyl (C=O) groups is 1. The topological polar surface area (TPSA) is 75.4 Å². The number of nitrogen functional groups attached to an aromatic ring is 1. The van der Waals surface area contributed by atoms with E-state index >= 15 is 0 Å². The van der Waals surface area contributed by atoms with Crippen molar-refractivity contribution in [1.29, 1.82) is 0 Å². The molecule has 0 atom stereocenters. The smallest absolute Gasteiger partial charge is 0.390 e. The molecule has 1 fully saturated rings. The molecule has 1 aromatic rings. The fourth-order valence-electron chi connectivity index (χ4n) is 2.96. The molecule has 0 aromatic heterocycles. The first kappa shape index (κ1) is 16.5. The van der Waals surface area contributed by atoms with E-state index in [0.29, 0.717) is 24.1 Å². The molecule has 0 heterocycles. The van der Waals surface area contributed by atoms with E-state index in [1.54, 1.807) is 18.2 Å². The molecule has 1 aliphatic carbocycles. The molecule has 4 nitrogen and oxygen atoms in total. The van der Waals surface area contributed by atoms with Crippen LogP contribution in [0.5, 0.6) is 0 Å². The summed E-state index contributed by atoms with van der Waals surface area (Å²) in [7, 11) is 0. The maximum absolute atomic E-state index is 12.1. The van der Waals surface area contributed by atoms with Gasteiger partial charge in [0.1, 0.15) is 0 Å². The Hall–Kier alpha value is -1.92. The van der Waals surface area contributed by atoms with E-state index in [2.05, 4.69) is 5.32 Å². The molecule has 122 valence electrons. The minimum absolute atomic E-state index is 0.267. The third kappa shape index (κ3) is 3.45. The normalized spacial score (nSPS) is 17.4. The Balaban J connectivity index is 2.14. The van der Waals surface area contributed by atoms with Crippen molar-refractivity contribution in [2.24, 2.45) is 0 Å². The van der Waals surface area contributed by atoms with Crippen LogP contribution in [-0.2, 0) is 10.2 Å². The van der Waals surface area contributed by atoms with Crippen molar-refractivity contribution in [2.45, 2.75) is 43.7 Å².